The first-order valence-electron chi connectivity index (χ1n) is 10.1. The monoisotopic (exact) mass is 381 g/mol. The SMILES string of the molecule is CCC(C)=CNC1=C(C)CN(C(=O)C2=CN=C(c3cnn(C)c3)C2CC)CC1. The lowest BCUT2D eigenvalue weighted by molar-refractivity contribution is -0.127. The number of carbonyl (C=O) groups is 1. The van der Waals surface area contributed by atoms with E-state index in [1.54, 1.807) is 10.9 Å². The Kier molecular flexibility index (Phi) is 6.17. The highest BCUT2D eigenvalue weighted by Crippen LogP contribution is 2.29. The van der Waals surface area contributed by atoms with Gasteiger partial charge in [0, 0.05) is 61.7 Å². The van der Waals surface area contributed by atoms with Crippen LogP contribution in [0, 0.1) is 5.92 Å². The van der Waals surface area contributed by atoms with Crippen molar-refractivity contribution < 1.29 is 4.79 Å². The van der Waals surface area contributed by atoms with Crippen molar-refractivity contribution in [2.24, 2.45) is 18.0 Å². The lowest BCUT2D eigenvalue weighted by Crippen LogP contribution is -2.40. The lowest BCUT2D eigenvalue weighted by atomic mass is 9.89. The second-order valence-electron chi connectivity index (χ2n) is 7.69. The van der Waals surface area contributed by atoms with Gasteiger partial charge in [-0.05, 0) is 38.5 Å². The van der Waals surface area contributed by atoms with Crippen LogP contribution in [0.4, 0.5) is 0 Å². The molecule has 0 fully saturated rings. The van der Waals surface area contributed by atoms with Crippen LogP contribution in [0.2, 0.25) is 0 Å². The van der Waals surface area contributed by atoms with E-state index in [-0.39, 0.29) is 11.8 Å². The van der Waals surface area contributed by atoms with Gasteiger partial charge in [-0.25, -0.2) is 0 Å². The molecule has 2 aliphatic heterocycles. The predicted octanol–water partition coefficient (Wildman–Crippen LogP) is 3.54. The molecular formula is C22H31N5O. The Morgan fingerprint density at radius 1 is 1.39 bits per heavy atom. The fourth-order valence-corrected chi connectivity index (χ4v) is 3.70. The number of nitrogens with zero attached hydrogens (tertiary/aromatic N) is 4. The molecule has 28 heavy (non-hydrogen) atoms. The molecule has 150 valence electrons. The van der Waals surface area contributed by atoms with Gasteiger partial charge < -0.3 is 10.2 Å². The van der Waals surface area contributed by atoms with Crippen LogP contribution in [0.5, 0.6) is 0 Å². The van der Waals surface area contributed by atoms with Gasteiger partial charge in [-0.1, -0.05) is 19.4 Å². The third-order valence-electron chi connectivity index (χ3n) is 5.62. The van der Waals surface area contributed by atoms with Gasteiger partial charge in [0.25, 0.3) is 5.91 Å². The Morgan fingerprint density at radius 3 is 2.79 bits per heavy atom. The molecule has 1 unspecified atom stereocenters. The Morgan fingerprint density at radius 2 is 2.18 bits per heavy atom. The third kappa shape index (κ3) is 4.11. The van der Waals surface area contributed by atoms with Crippen LogP contribution >= 0.6 is 0 Å². The summed E-state index contributed by atoms with van der Waals surface area (Å²) in [5.74, 6) is 0.142. The summed E-state index contributed by atoms with van der Waals surface area (Å²) in [7, 11) is 1.89. The van der Waals surface area contributed by atoms with Gasteiger partial charge in [0.15, 0.2) is 0 Å². The molecule has 0 saturated heterocycles. The van der Waals surface area contributed by atoms with Gasteiger partial charge >= 0.3 is 0 Å². The molecule has 1 aromatic heterocycles. The Bertz CT molecular complexity index is 871. The largest absolute Gasteiger partial charge is 0.365 e. The number of nitrogens with one attached hydrogen (secondary N) is 1. The lowest BCUT2D eigenvalue weighted by Gasteiger charge is -2.31. The minimum absolute atomic E-state index is 0.0376. The fraction of sp³-hybridized carbons (Fsp3) is 0.500. The van der Waals surface area contributed by atoms with Gasteiger partial charge in [-0.3, -0.25) is 14.5 Å². The van der Waals surface area contributed by atoms with Gasteiger partial charge in [0.05, 0.1) is 11.9 Å². The number of allylic oxidation sites excluding steroid dienone is 1. The molecule has 0 bridgehead atoms. The Labute approximate surface area is 167 Å². The van der Waals surface area contributed by atoms with E-state index in [0.29, 0.717) is 6.54 Å². The molecule has 0 aliphatic carbocycles. The third-order valence-corrected chi connectivity index (χ3v) is 5.62. The average Bonchev–Trinajstić information content (AvgIpc) is 3.31. The highest BCUT2D eigenvalue weighted by molar-refractivity contribution is 6.11. The van der Waals surface area contributed by atoms with Crippen LogP contribution in [0.3, 0.4) is 0 Å². The number of aromatic nitrogens is 2. The van der Waals surface area contributed by atoms with Crippen LogP contribution in [0.15, 0.2) is 52.2 Å². The molecule has 6 nitrogen and oxygen atoms in total. The van der Waals surface area contributed by atoms with Gasteiger partial charge in [-0.15, -0.1) is 0 Å². The normalized spacial score (nSPS) is 20.4. The fourth-order valence-electron chi connectivity index (χ4n) is 3.70. The topological polar surface area (TPSA) is 62.5 Å². The van der Waals surface area contributed by atoms with Gasteiger partial charge in [0.2, 0.25) is 0 Å². The van der Waals surface area contributed by atoms with E-state index in [1.165, 1.54) is 16.8 Å². The summed E-state index contributed by atoms with van der Waals surface area (Å²) in [6, 6.07) is 0. The van der Waals surface area contributed by atoms with Crippen molar-refractivity contribution in [2.75, 3.05) is 13.1 Å². The quantitative estimate of drug-likeness (QED) is 0.820. The van der Waals surface area contributed by atoms with Crippen LogP contribution in [-0.2, 0) is 11.8 Å². The summed E-state index contributed by atoms with van der Waals surface area (Å²) in [5, 5.41) is 7.68. The molecule has 1 N–H and O–H groups in total. The van der Waals surface area contributed by atoms with Crippen LogP contribution in [0.25, 0.3) is 0 Å². The maximum absolute atomic E-state index is 13.2. The highest BCUT2D eigenvalue weighted by Gasteiger charge is 2.33. The second-order valence-corrected chi connectivity index (χ2v) is 7.69. The van der Waals surface area contributed by atoms with Crippen LogP contribution < -0.4 is 5.32 Å². The number of hydrogen-bond acceptors (Lipinski definition) is 4. The summed E-state index contributed by atoms with van der Waals surface area (Å²) in [4.78, 5) is 19.8. The standard InChI is InChI=1S/C22H31N5O/c1-6-15(3)10-23-20-8-9-27(13-16(20)4)22(28)19-12-24-21(18(19)7-2)17-11-25-26(5)14-17/h10-12,14,18,23H,6-9,13H2,1-5H3. The molecule has 1 aromatic rings. The van der Waals surface area contributed by atoms with Crippen molar-refractivity contribution >= 4 is 11.6 Å². The smallest absolute Gasteiger partial charge is 0.252 e. The molecule has 3 heterocycles. The molecule has 0 spiro atoms. The molecule has 3 rings (SSSR count). The number of rotatable bonds is 6. The summed E-state index contributed by atoms with van der Waals surface area (Å²) < 4.78 is 1.77. The molecular weight excluding hydrogens is 350 g/mol. The van der Waals surface area contributed by atoms with E-state index in [0.717, 1.165) is 42.7 Å². The van der Waals surface area contributed by atoms with Crippen LogP contribution in [0.1, 0.15) is 52.5 Å². The molecule has 6 heteroatoms. The molecule has 1 amide bonds. The van der Waals surface area contributed by atoms with Crippen LogP contribution in [-0.4, -0.2) is 39.4 Å². The number of aryl methyl sites for hydroxylation is 1. The minimum Gasteiger partial charge on any atom is -0.365 e. The molecule has 2 aliphatic rings. The van der Waals surface area contributed by atoms with Crippen molar-refractivity contribution in [3.05, 3.63) is 52.8 Å². The predicted molar refractivity (Wildman–Crippen MR) is 113 cm³/mol. The van der Waals surface area contributed by atoms with E-state index in [9.17, 15) is 4.79 Å². The molecule has 1 atom stereocenters. The van der Waals surface area contributed by atoms with Gasteiger partial charge in [-0.2, -0.15) is 5.10 Å². The van der Waals surface area contributed by atoms with E-state index in [1.807, 2.05) is 24.3 Å². The van der Waals surface area contributed by atoms with Crippen molar-refractivity contribution in [2.45, 2.75) is 47.0 Å². The van der Waals surface area contributed by atoms with Crippen molar-refractivity contribution in [3.8, 4) is 0 Å². The number of carbonyl (C=O) groups excluding carboxylic acids is 1. The zero-order valence-electron chi connectivity index (χ0n) is 17.6. The van der Waals surface area contributed by atoms with E-state index < -0.39 is 0 Å². The van der Waals surface area contributed by atoms with E-state index in [2.05, 4.69) is 49.3 Å². The summed E-state index contributed by atoms with van der Waals surface area (Å²) in [5.41, 5.74) is 6.52. The van der Waals surface area contributed by atoms with E-state index in [4.69, 9.17) is 0 Å². The molecule has 0 aromatic carbocycles. The second kappa shape index (κ2) is 8.59. The number of hydrogen-bond donors (Lipinski definition) is 1. The first-order chi connectivity index (χ1) is 13.4. The molecule has 0 saturated carbocycles. The van der Waals surface area contributed by atoms with Crippen molar-refractivity contribution in [3.63, 3.8) is 0 Å². The zero-order valence-corrected chi connectivity index (χ0v) is 17.6. The summed E-state index contributed by atoms with van der Waals surface area (Å²) in [6.45, 7) is 9.88. The maximum Gasteiger partial charge on any atom is 0.252 e. The Balaban J connectivity index is 1.69. The number of amides is 1. The van der Waals surface area contributed by atoms with Gasteiger partial charge in [0.1, 0.15) is 0 Å². The minimum atomic E-state index is 0.0376. The first kappa shape index (κ1) is 20.1. The highest BCUT2D eigenvalue weighted by atomic mass is 16.2. The zero-order chi connectivity index (χ0) is 20.3. The van der Waals surface area contributed by atoms with Crippen molar-refractivity contribution in [1.29, 1.82) is 0 Å². The Hall–Kier alpha value is -2.63. The summed E-state index contributed by atoms with van der Waals surface area (Å²) >= 11 is 0. The number of aliphatic imine (C=N–C) groups is 1. The average molecular weight is 382 g/mol. The summed E-state index contributed by atoms with van der Waals surface area (Å²) in [6.07, 6.45) is 10.4. The molecule has 0 radical (unpaired) electrons. The van der Waals surface area contributed by atoms with Crippen molar-refractivity contribution in [1.82, 2.24) is 20.0 Å². The first-order valence-corrected chi connectivity index (χ1v) is 10.1. The maximum atomic E-state index is 13.2. The van der Waals surface area contributed by atoms with E-state index >= 15 is 0 Å².